The predicted molar refractivity (Wildman–Crippen MR) is 252 cm³/mol. The quantitative estimate of drug-likeness (QED) is 0.0344. The van der Waals surface area contributed by atoms with Gasteiger partial charge in [0.1, 0.15) is 6.33 Å². The molecule has 19 nitrogen and oxygen atoms in total. The lowest BCUT2D eigenvalue weighted by Gasteiger charge is -2.58. The smallest absolute Gasteiger partial charge is 0.347 e. The second kappa shape index (κ2) is 23.4. The summed E-state index contributed by atoms with van der Waals surface area (Å²) in [5.41, 5.74) is 2.06. The number of benzene rings is 3. The molecule has 4 aromatic rings. The van der Waals surface area contributed by atoms with Gasteiger partial charge in [0.2, 0.25) is 18.0 Å². The summed E-state index contributed by atoms with van der Waals surface area (Å²) in [5, 5.41) is -0.0169. The molecule has 0 N–H and O–H groups in total. The van der Waals surface area contributed by atoms with Crippen molar-refractivity contribution in [3.05, 3.63) is 114 Å². The monoisotopic (exact) mass is 988 g/mol. The van der Waals surface area contributed by atoms with Crippen molar-refractivity contribution in [1.82, 2.24) is 9.55 Å². The van der Waals surface area contributed by atoms with Gasteiger partial charge < -0.3 is 61.6 Å². The molecule has 3 aliphatic rings. The molecule has 7 rings (SSSR count). The van der Waals surface area contributed by atoms with E-state index in [1.165, 1.54) is 94.3 Å². The van der Waals surface area contributed by atoms with Gasteiger partial charge in [-0.05, 0) is 70.9 Å². The Hall–Kier alpha value is -7.16. The van der Waals surface area contributed by atoms with E-state index in [9.17, 15) is 14.4 Å². The van der Waals surface area contributed by atoms with Crippen LogP contribution in [0.4, 0.5) is 0 Å². The van der Waals surface area contributed by atoms with Crippen LogP contribution in [-0.4, -0.2) is 134 Å². The summed E-state index contributed by atoms with van der Waals surface area (Å²) >= 11 is 5.78. The number of aromatic nitrogens is 2. The number of carbonyl (C=O) groups excluding carboxylic acids is 4. The highest BCUT2D eigenvalue weighted by molar-refractivity contribution is 7.80. The van der Waals surface area contributed by atoms with E-state index in [1.807, 2.05) is 6.08 Å². The Bertz CT molecular complexity index is 2570. The van der Waals surface area contributed by atoms with Crippen LogP contribution in [0, 0.1) is 17.8 Å². The summed E-state index contributed by atoms with van der Waals surface area (Å²) in [6.07, 6.45) is 4.83. The molecule has 374 valence electrons. The maximum absolute atomic E-state index is 15.4. The predicted octanol–water partition coefficient (Wildman–Crippen LogP) is 5.24. The lowest BCUT2D eigenvalue weighted by atomic mass is 9.53. The van der Waals surface area contributed by atoms with Crippen LogP contribution in [0.25, 0.3) is 0 Å². The van der Waals surface area contributed by atoms with Crippen molar-refractivity contribution in [1.29, 1.82) is 0 Å². The molecule has 0 spiro atoms. The van der Waals surface area contributed by atoms with Crippen LogP contribution in [0.15, 0.2) is 97.1 Å². The van der Waals surface area contributed by atoms with Crippen molar-refractivity contribution >= 4 is 41.3 Å². The number of nitrogens with zero attached hydrogens (tertiary/aromatic N) is 2. The van der Waals surface area contributed by atoms with Gasteiger partial charge in [0.25, 0.3) is 5.17 Å². The molecule has 3 aliphatic carbocycles. The maximum Gasteiger partial charge on any atom is 0.347 e. The molecule has 1 saturated carbocycles. The molecule has 5 unspecified atom stereocenters. The summed E-state index contributed by atoms with van der Waals surface area (Å²) in [6, 6.07) is 15.2. The summed E-state index contributed by atoms with van der Waals surface area (Å²) in [5.74, 6) is -7.01. The summed E-state index contributed by atoms with van der Waals surface area (Å²) in [6.45, 7) is 0. The van der Waals surface area contributed by atoms with Gasteiger partial charge in [0.05, 0.1) is 68.7 Å². The second-order valence-corrected chi connectivity index (χ2v) is 16.2. The van der Waals surface area contributed by atoms with Crippen LogP contribution in [0.2, 0.25) is 0 Å². The minimum Gasteiger partial charge on any atom is -0.493 e. The molecule has 0 radical (unpaired) electrons. The van der Waals surface area contributed by atoms with E-state index in [-0.39, 0.29) is 18.0 Å². The van der Waals surface area contributed by atoms with E-state index in [1.54, 1.807) is 60.8 Å². The number of rotatable bonds is 21. The van der Waals surface area contributed by atoms with Gasteiger partial charge in [0, 0.05) is 57.4 Å². The summed E-state index contributed by atoms with van der Waals surface area (Å²) in [4.78, 5) is 60.0. The third kappa shape index (κ3) is 10.8. The highest BCUT2D eigenvalue weighted by Crippen LogP contribution is 2.60. The first-order valence-electron chi connectivity index (χ1n) is 21.7. The standard InChI is InChI=1S/C50H56N2O17S/c1-57-33-15-11-28(21-36(33)60-4)23-39(46(54)63-7)67-41(53)18-14-31-25-32-42(30-13-17-35(59-3)38(26-30)62-6)43(44(31)50(65-9,66-10)45(32)69-49(70)52-20-19-51-27-52)48(56)68-40(47(55)64-8)24-29-12-16-34(58-2)37(22-29)61-5/h11-22,25-27,32,39-40,42-45H,23-24H2,1-10H3/b18-14+/t32?,39-,40-,42?,43?,44?,45?/m1/s1. The molecule has 1 aromatic heterocycles. The molecular formula is C50H56N2O17S. The van der Waals surface area contributed by atoms with Crippen LogP contribution in [0.5, 0.6) is 34.5 Å². The Kier molecular flexibility index (Phi) is 17.5. The molecule has 1 heterocycles. The Morgan fingerprint density at radius 3 is 1.69 bits per heavy atom. The van der Waals surface area contributed by atoms with Gasteiger partial charge >= 0.3 is 23.9 Å². The SMILES string of the molecule is COC(=O)[C@@H](Cc1ccc(OC)c(OC)c1)OC(=O)/C=C/C1=CC2C(c3ccc(OC)c(OC)c3)C(C(=O)O[C@H](Cc3ccc(OC)c(OC)c3)C(=O)OC)C1C(OC)(OC)C2OC(=S)n1ccnc1. The lowest BCUT2D eigenvalue weighted by molar-refractivity contribution is -0.314. The number of allylic oxidation sites excluding steroid dienone is 1. The Morgan fingerprint density at radius 2 is 1.20 bits per heavy atom. The molecule has 0 aliphatic heterocycles. The minimum atomic E-state index is -1.85. The highest BCUT2D eigenvalue weighted by Gasteiger charge is 2.68. The van der Waals surface area contributed by atoms with E-state index in [0.29, 0.717) is 56.8 Å². The lowest BCUT2D eigenvalue weighted by Crippen LogP contribution is -2.68. The van der Waals surface area contributed by atoms with Crippen LogP contribution >= 0.6 is 12.2 Å². The van der Waals surface area contributed by atoms with Crippen molar-refractivity contribution in [2.45, 2.75) is 42.9 Å². The fraction of sp³-hybridized carbons (Fsp3) is 0.400. The van der Waals surface area contributed by atoms with E-state index in [4.69, 9.17) is 73.8 Å². The molecular weight excluding hydrogens is 933 g/mol. The van der Waals surface area contributed by atoms with Gasteiger partial charge in [-0.2, -0.15) is 0 Å². The fourth-order valence-electron chi connectivity index (χ4n) is 9.10. The molecule has 2 bridgehead atoms. The minimum absolute atomic E-state index is 0.0169. The van der Waals surface area contributed by atoms with Crippen LogP contribution in [0.1, 0.15) is 22.6 Å². The average molecular weight is 989 g/mol. The number of hydrogen-bond donors (Lipinski definition) is 0. The second-order valence-electron chi connectivity index (χ2n) is 15.8. The Labute approximate surface area is 410 Å². The van der Waals surface area contributed by atoms with E-state index >= 15 is 4.79 Å². The zero-order valence-electron chi connectivity index (χ0n) is 40.4. The zero-order chi connectivity index (χ0) is 50.7. The molecule has 0 saturated heterocycles. The maximum atomic E-state index is 15.4. The highest BCUT2D eigenvalue weighted by atomic mass is 32.1. The number of imidazole rings is 1. The van der Waals surface area contributed by atoms with Crippen molar-refractivity contribution < 1.29 is 80.8 Å². The first-order chi connectivity index (χ1) is 33.8. The van der Waals surface area contributed by atoms with Gasteiger partial charge in [-0.3, -0.25) is 9.36 Å². The Morgan fingerprint density at radius 1 is 0.686 bits per heavy atom. The average Bonchev–Trinajstić information content (AvgIpc) is 3.95. The molecule has 20 heteroatoms. The van der Waals surface area contributed by atoms with Gasteiger partial charge in [-0.1, -0.05) is 30.4 Å². The fourth-order valence-corrected chi connectivity index (χ4v) is 9.31. The van der Waals surface area contributed by atoms with Crippen molar-refractivity contribution in [2.24, 2.45) is 17.8 Å². The molecule has 70 heavy (non-hydrogen) atoms. The normalized spacial score (nSPS) is 19.7. The number of carbonyl (C=O) groups is 4. The largest absolute Gasteiger partial charge is 0.493 e. The number of esters is 4. The number of thiocarbonyl (C=S) groups is 1. The van der Waals surface area contributed by atoms with Crippen molar-refractivity contribution in [2.75, 3.05) is 71.1 Å². The van der Waals surface area contributed by atoms with Gasteiger partial charge in [-0.15, -0.1) is 0 Å². The van der Waals surface area contributed by atoms with E-state index in [2.05, 4.69) is 4.98 Å². The zero-order valence-corrected chi connectivity index (χ0v) is 41.2. The molecule has 1 fully saturated rings. The molecule has 3 aromatic carbocycles. The number of fused-ring (bicyclic) bond motifs is 2. The third-order valence-electron chi connectivity index (χ3n) is 12.3. The first kappa shape index (κ1) is 52.2. The van der Waals surface area contributed by atoms with Gasteiger partial charge in [-0.25, -0.2) is 19.4 Å². The van der Waals surface area contributed by atoms with Crippen LogP contribution < -0.4 is 28.4 Å². The van der Waals surface area contributed by atoms with E-state index < -0.39 is 71.6 Å². The van der Waals surface area contributed by atoms with Crippen molar-refractivity contribution in [3.8, 4) is 34.5 Å². The topological polar surface area (TPSA) is 206 Å². The number of ether oxygens (including phenoxy) is 13. The molecule has 0 amide bonds. The van der Waals surface area contributed by atoms with Crippen LogP contribution in [0.3, 0.4) is 0 Å². The summed E-state index contributed by atoms with van der Waals surface area (Å²) < 4.78 is 75.9. The Balaban J connectivity index is 1.47. The van der Waals surface area contributed by atoms with Crippen molar-refractivity contribution in [3.63, 3.8) is 0 Å². The molecule has 7 atom stereocenters. The summed E-state index contributed by atoms with van der Waals surface area (Å²) in [7, 11) is 14.0. The van der Waals surface area contributed by atoms with E-state index in [0.717, 1.165) is 6.08 Å². The number of methoxy groups -OCH3 is 10. The number of hydrogen-bond acceptors (Lipinski definition) is 19. The van der Waals surface area contributed by atoms with Gasteiger partial charge in [0.15, 0.2) is 40.6 Å². The first-order valence-corrected chi connectivity index (χ1v) is 22.1. The van der Waals surface area contributed by atoms with Crippen LogP contribution in [-0.2, 0) is 65.2 Å². The third-order valence-corrected chi connectivity index (χ3v) is 12.6.